The van der Waals surface area contributed by atoms with Crippen LogP contribution in [-0.2, 0) is 28.6 Å². The molecule has 5 fully saturated rings. The predicted octanol–water partition coefficient (Wildman–Crippen LogP) is 3.61. The molecule has 0 aromatic rings. The molecule has 0 bridgehead atoms. The van der Waals surface area contributed by atoms with Crippen LogP contribution in [0.25, 0.3) is 0 Å². The summed E-state index contributed by atoms with van der Waals surface area (Å²) in [4.78, 5) is 41.1. The van der Waals surface area contributed by atoms with Gasteiger partial charge in [-0.3, -0.25) is 14.4 Å². The van der Waals surface area contributed by atoms with E-state index in [1.807, 2.05) is 34.6 Å². The summed E-state index contributed by atoms with van der Waals surface area (Å²) in [6, 6.07) is 0. The predicted molar refractivity (Wildman–Crippen MR) is 127 cm³/mol. The number of fused-ring (bicyclic) bond motifs is 5. The van der Waals surface area contributed by atoms with Gasteiger partial charge in [0.2, 0.25) is 0 Å². The molecular weight excluding hydrogens is 448 g/mol. The molecule has 3 saturated carbocycles. The molecule has 5 rings (SSSR count). The van der Waals surface area contributed by atoms with Crippen molar-refractivity contribution in [2.24, 2.45) is 39.4 Å². The van der Waals surface area contributed by atoms with Crippen LogP contribution in [0.5, 0.6) is 0 Å². The molecule has 10 atom stereocenters. The quantitative estimate of drug-likeness (QED) is 0.411. The number of ether oxygens (including phenoxy) is 3. The van der Waals surface area contributed by atoms with Gasteiger partial charge in [0.05, 0.1) is 23.5 Å². The lowest BCUT2D eigenvalue weighted by Crippen LogP contribution is -2.75. The third kappa shape index (κ3) is 2.65. The molecule has 194 valence electrons. The highest BCUT2D eigenvalue weighted by molar-refractivity contribution is 6.01. The number of cyclic esters (lactones) is 1. The second kappa shape index (κ2) is 7.05. The van der Waals surface area contributed by atoms with Crippen molar-refractivity contribution < 1.29 is 33.7 Å². The second-order valence-corrected chi connectivity index (χ2v) is 13.2. The van der Waals surface area contributed by atoms with E-state index in [0.717, 1.165) is 0 Å². The third-order valence-electron chi connectivity index (χ3n) is 11.3. The SMILES string of the molecule is C=C1C[C@H]2[C@]3(C)CCC4(O[C@@H](C)[C@H](C)O4)C(C)(C)[C@H]3C(=O)[C@@H](O)[C@]2(C)[C@H]2C(=O)O[C@@H](C)C(=O)[C@]12C. The fraction of sp³-hybridized carbons (Fsp3) is 0.821. The minimum atomic E-state index is -1.43. The molecule has 1 spiro atoms. The van der Waals surface area contributed by atoms with E-state index >= 15 is 0 Å². The summed E-state index contributed by atoms with van der Waals surface area (Å²) in [6.07, 6.45) is -0.816. The molecule has 35 heavy (non-hydrogen) atoms. The van der Waals surface area contributed by atoms with Crippen LogP contribution in [0.3, 0.4) is 0 Å². The molecule has 2 aliphatic heterocycles. The molecule has 3 aliphatic carbocycles. The standard InChI is InChI=1S/C28H40O7/c1-13-12-17-25(7)10-11-28(34-14(2)15(3)35-28)24(5,6)19(25)18(29)22(31)27(17,9)20-23(32)33-16(4)21(30)26(13,20)8/h14-17,19-20,22,31H,1,10-12H2,2-9H3/t14-,15-,16-,17-,19+,20-,22+,25-,26+,27-/m0/s1. The molecule has 5 aliphatic rings. The molecular formula is C28H40O7. The number of ketones is 2. The van der Waals surface area contributed by atoms with E-state index in [2.05, 4.69) is 13.5 Å². The minimum Gasteiger partial charge on any atom is -0.454 e. The van der Waals surface area contributed by atoms with Crippen LogP contribution in [0.15, 0.2) is 12.2 Å². The first-order chi connectivity index (χ1) is 16.0. The van der Waals surface area contributed by atoms with E-state index in [9.17, 15) is 19.5 Å². The van der Waals surface area contributed by atoms with Gasteiger partial charge in [-0.2, -0.15) is 0 Å². The van der Waals surface area contributed by atoms with E-state index in [1.54, 1.807) is 13.8 Å². The number of carbonyl (C=O) groups excluding carboxylic acids is 3. The third-order valence-corrected chi connectivity index (χ3v) is 11.3. The van der Waals surface area contributed by atoms with Crippen LogP contribution in [0.2, 0.25) is 0 Å². The van der Waals surface area contributed by atoms with E-state index in [1.165, 1.54) is 0 Å². The Labute approximate surface area is 207 Å². The topological polar surface area (TPSA) is 99.1 Å². The lowest BCUT2D eigenvalue weighted by molar-refractivity contribution is -0.311. The number of esters is 1. The molecule has 0 radical (unpaired) electrons. The normalized spacial score (nSPS) is 52.5. The molecule has 0 aromatic heterocycles. The first kappa shape index (κ1) is 25.1. The monoisotopic (exact) mass is 488 g/mol. The number of rotatable bonds is 0. The number of carbonyl (C=O) groups is 3. The van der Waals surface area contributed by atoms with E-state index < -0.39 is 57.5 Å². The van der Waals surface area contributed by atoms with E-state index in [4.69, 9.17) is 14.2 Å². The maximum absolute atomic E-state index is 14.2. The summed E-state index contributed by atoms with van der Waals surface area (Å²) in [7, 11) is 0. The largest absolute Gasteiger partial charge is 0.454 e. The summed E-state index contributed by atoms with van der Waals surface area (Å²) in [5, 5.41) is 11.8. The van der Waals surface area contributed by atoms with Crippen LogP contribution < -0.4 is 0 Å². The smallest absolute Gasteiger partial charge is 0.311 e. The molecule has 0 unspecified atom stereocenters. The fourth-order valence-corrected chi connectivity index (χ4v) is 9.23. The highest BCUT2D eigenvalue weighted by atomic mass is 16.8. The first-order valence-corrected chi connectivity index (χ1v) is 13.0. The number of hydrogen-bond donors (Lipinski definition) is 1. The zero-order valence-electron chi connectivity index (χ0n) is 22.3. The zero-order valence-corrected chi connectivity index (χ0v) is 22.3. The molecule has 7 nitrogen and oxygen atoms in total. The molecule has 0 amide bonds. The van der Waals surface area contributed by atoms with Gasteiger partial charge in [0.25, 0.3) is 0 Å². The Hall–Kier alpha value is -1.57. The van der Waals surface area contributed by atoms with Gasteiger partial charge in [-0.25, -0.2) is 0 Å². The number of hydrogen-bond acceptors (Lipinski definition) is 7. The van der Waals surface area contributed by atoms with Crippen molar-refractivity contribution in [2.75, 3.05) is 0 Å². The summed E-state index contributed by atoms with van der Waals surface area (Å²) < 4.78 is 18.4. The van der Waals surface area contributed by atoms with Gasteiger partial charge >= 0.3 is 5.97 Å². The Bertz CT molecular complexity index is 1020. The fourth-order valence-electron chi connectivity index (χ4n) is 9.23. The number of aliphatic hydroxyl groups excluding tert-OH is 1. The maximum Gasteiger partial charge on any atom is 0.311 e. The Kier molecular flexibility index (Phi) is 5.05. The lowest BCUT2D eigenvalue weighted by Gasteiger charge is -2.70. The van der Waals surface area contributed by atoms with E-state index in [0.29, 0.717) is 24.8 Å². The van der Waals surface area contributed by atoms with Gasteiger partial charge in [0.1, 0.15) is 6.10 Å². The summed E-state index contributed by atoms with van der Waals surface area (Å²) in [5.41, 5.74) is -2.94. The summed E-state index contributed by atoms with van der Waals surface area (Å²) >= 11 is 0. The van der Waals surface area contributed by atoms with Gasteiger partial charge in [-0.1, -0.05) is 39.8 Å². The van der Waals surface area contributed by atoms with Gasteiger partial charge in [0.15, 0.2) is 23.5 Å². The average Bonchev–Trinajstić information content (AvgIpc) is 3.06. The van der Waals surface area contributed by atoms with Gasteiger partial charge in [-0.05, 0) is 51.9 Å². The minimum absolute atomic E-state index is 0.104. The summed E-state index contributed by atoms with van der Waals surface area (Å²) in [5.74, 6) is -3.74. The van der Waals surface area contributed by atoms with Crippen molar-refractivity contribution in [1.29, 1.82) is 0 Å². The van der Waals surface area contributed by atoms with Crippen LogP contribution in [0, 0.1) is 39.4 Å². The van der Waals surface area contributed by atoms with Gasteiger partial charge in [-0.15, -0.1) is 0 Å². The van der Waals surface area contributed by atoms with Crippen LogP contribution in [0.1, 0.15) is 74.7 Å². The van der Waals surface area contributed by atoms with Crippen molar-refractivity contribution >= 4 is 17.5 Å². The molecule has 2 saturated heterocycles. The highest BCUT2D eigenvalue weighted by Crippen LogP contribution is 2.73. The Morgan fingerprint density at radius 3 is 2.06 bits per heavy atom. The van der Waals surface area contributed by atoms with Crippen molar-refractivity contribution in [2.45, 2.75) is 105 Å². The molecule has 7 heteroatoms. The van der Waals surface area contributed by atoms with Crippen molar-refractivity contribution in [1.82, 2.24) is 0 Å². The van der Waals surface area contributed by atoms with Crippen LogP contribution >= 0.6 is 0 Å². The number of Topliss-reactive ketones (excluding diaryl/α,β-unsaturated/α-hetero) is 2. The van der Waals surface area contributed by atoms with Gasteiger partial charge in [0, 0.05) is 23.2 Å². The maximum atomic E-state index is 14.2. The molecule has 0 aromatic carbocycles. The Morgan fingerprint density at radius 2 is 1.49 bits per heavy atom. The van der Waals surface area contributed by atoms with Crippen LogP contribution in [-0.4, -0.2) is 52.8 Å². The van der Waals surface area contributed by atoms with Crippen molar-refractivity contribution in [3.8, 4) is 0 Å². The Balaban J connectivity index is 1.66. The zero-order chi connectivity index (χ0) is 26.1. The Morgan fingerprint density at radius 1 is 0.914 bits per heavy atom. The van der Waals surface area contributed by atoms with Crippen molar-refractivity contribution in [3.63, 3.8) is 0 Å². The van der Waals surface area contributed by atoms with Crippen LogP contribution in [0.4, 0.5) is 0 Å². The first-order valence-electron chi connectivity index (χ1n) is 13.0. The van der Waals surface area contributed by atoms with E-state index in [-0.39, 0.29) is 29.7 Å². The number of aliphatic hydroxyl groups is 1. The molecule has 2 heterocycles. The number of allylic oxidation sites excluding steroid dienone is 1. The lowest BCUT2D eigenvalue weighted by atomic mass is 9.34. The molecule has 1 N–H and O–H groups in total. The summed E-state index contributed by atoms with van der Waals surface area (Å²) in [6.45, 7) is 19.5. The average molecular weight is 489 g/mol. The van der Waals surface area contributed by atoms with Gasteiger partial charge < -0.3 is 19.3 Å². The highest BCUT2D eigenvalue weighted by Gasteiger charge is 2.78. The second-order valence-electron chi connectivity index (χ2n) is 13.2. The van der Waals surface area contributed by atoms with Crippen molar-refractivity contribution in [3.05, 3.63) is 12.2 Å².